The number of aryl methyl sites for hydroxylation is 1. The zero-order valence-electron chi connectivity index (χ0n) is 8.89. The summed E-state index contributed by atoms with van der Waals surface area (Å²) in [6, 6.07) is 5.47. The highest BCUT2D eigenvalue weighted by Crippen LogP contribution is 2.41. The van der Waals surface area contributed by atoms with E-state index in [0.29, 0.717) is 0 Å². The molecule has 1 aromatic carbocycles. The summed E-state index contributed by atoms with van der Waals surface area (Å²) >= 11 is 0. The Balaban J connectivity index is 2.37. The van der Waals surface area contributed by atoms with Crippen LogP contribution in [0.1, 0.15) is 31.0 Å². The van der Waals surface area contributed by atoms with Gasteiger partial charge in [-0.3, -0.25) is 0 Å². The van der Waals surface area contributed by atoms with Crippen molar-refractivity contribution in [3.05, 3.63) is 35.1 Å². The Kier molecular flexibility index (Phi) is 2.11. The summed E-state index contributed by atoms with van der Waals surface area (Å²) in [7, 11) is 0. The summed E-state index contributed by atoms with van der Waals surface area (Å²) in [5.74, 6) is -0.0964. The molecule has 2 rings (SSSR count). The van der Waals surface area contributed by atoms with Crippen LogP contribution in [0.3, 0.4) is 0 Å². The zero-order chi connectivity index (χ0) is 10.3. The Bertz CT molecular complexity index is 357. The van der Waals surface area contributed by atoms with E-state index in [-0.39, 0.29) is 17.3 Å². The van der Waals surface area contributed by atoms with E-state index in [1.165, 1.54) is 0 Å². The van der Waals surface area contributed by atoms with Gasteiger partial charge in [-0.25, -0.2) is 4.39 Å². The summed E-state index contributed by atoms with van der Waals surface area (Å²) < 4.78 is 13.5. The molecule has 1 aliphatic rings. The molecule has 0 bridgehead atoms. The summed E-state index contributed by atoms with van der Waals surface area (Å²) in [5.41, 5.74) is 2.10. The van der Waals surface area contributed by atoms with Gasteiger partial charge in [0.05, 0.1) is 0 Å². The Labute approximate surface area is 84.3 Å². The van der Waals surface area contributed by atoms with Crippen LogP contribution in [0, 0.1) is 18.2 Å². The van der Waals surface area contributed by atoms with Gasteiger partial charge in [0.2, 0.25) is 0 Å². The van der Waals surface area contributed by atoms with Gasteiger partial charge in [-0.1, -0.05) is 31.5 Å². The van der Waals surface area contributed by atoms with Gasteiger partial charge < -0.3 is 5.32 Å². The second-order valence-electron chi connectivity index (χ2n) is 4.83. The van der Waals surface area contributed by atoms with Gasteiger partial charge in [-0.2, -0.15) is 0 Å². The maximum absolute atomic E-state index is 13.5. The molecule has 0 aromatic heterocycles. The van der Waals surface area contributed by atoms with Crippen molar-refractivity contribution in [2.45, 2.75) is 26.8 Å². The van der Waals surface area contributed by atoms with Crippen molar-refractivity contribution in [2.24, 2.45) is 5.41 Å². The Morgan fingerprint density at radius 2 is 2.14 bits per heavy atom. The maximum Gasteiger partial charge on any atom is 0.128 e. The number of nitrogens with one attached hydrogen (secondary N) is 1. The molecule has 1 fully saturated rings. The van der Waals surface area contributed by atoms with Gasteiger partial charge in [-0.15, -0.1) is 0 Å². The minimum Gasteiger partial charge on any atom is -0.309 e. The van der Waals surface area contributed by atoms with E-state index < -0.39 is 0 Å². The quantitative estimate of drug-likeness (QED) is 0.723. The molecular weight excluding hydrogens is 177 g/mol. The molecule has 1 atom stereocenters. The molecule has 14 heavy (non-hydrogen) atoms. The predicted molar refractivity (Wildman–Crippen MR) is 55.7 cm³/mol. The van der Waals surface area contributed by atoms with Crippen LogP contribution < -0.4 is 5.32 Å². The average molecular weight is 193 g/mol. The van der Waals surface area contributed by atoms with Crippen LogP contribution in [0.2, 0.25) is 0 Å². The summed E-state index contributed by atoms with van der Waals surface area (Å²) in [5, 5.41) is 3.28. The molecular formula is C12H16FN. The number of hydrogen-bond donors (Lipinski definition) is 1. The van der Waals surface area contributed by atoms with Gasteiger partial charge in [-0.05, 0) is 18.4 Å². The molecule has 0 saturated carbocycles. The maximum atomic E-state index is 13.5. The normalized spacial score (nSPS) is 24.4. The topological polar surface area (TPSA) is 12.0 Å². The molecule has 1 heterocycles. The highest BCUT2D eigenvalue weighted by atomic mass is 19.1. The monoisotopic (exact) mass is 193 g/mol. The van der Waals surface area contributed by atoms with Gasteiger partial charge >= 0.3 is 0 Å². The smallest absolute Gasteiger partial charge is 0.128 e. The van der Waals surface area contributed by atoms with Crippen molar-refractivity contribution < 1.29 is 4.39 Å². The van der Waals surface area contributed by atoms with E-state index in [1.54, 1.807) is 6.07 Å². The van der Waals surface area contributed by atoms with Crippen LogP contribution >= 0.6 is 0 Å². The van der Waals surface area contributed by atoms with Gasteiger partial charge in [0.25, 0.3) is 0 Å². The Morgan fingerprint density at radius 3 is 2.64 bits per heavy atom. The van der Waals surface area contributed by atoms with Gasteiger partial charge in [0.1, 0.15) is 5.82 Å². The molecule has 1 nitrogen and oxygen atoms in total. The third-order valence-corrected chi connectivity index (χ3v) is 3.01. The molecule has 76 valence electrons. The fourth-order valence-electron chi connectivity index (χ4n) is 2.03. The molecule has 1 saturated heterocycles. The van der Waals surface area contributed by atoms with Crippen LogP contribution in [0.5, 0.6) is 0 Å². The minimum absolute atomic E-state index is 0.0964. The van der Waals surface area contributed by atoms with Crippen LogP contribution in [0.25, 0.3) is 0 Å². The van der Waals surface area contributed by atoms with Crippen molar-refractivity contribution in [2.75, 3.05) is 6.54 Å². The van der Waals surface area contributed by atoms with E-state index in [4.69, 9.17) is 0 Å². The first-order chi connectivity index (χ1) is 6.50. The summed E-state index contributed by atoms with van der Waals surface area (Å²) in [6.07, 6.45) is 0. The minimum atomic E-state index is -0.0964. The molecule has 0 spiro atoms. The van der Waals surface area contributed by atoms with E-state index in [2.05, 4.69) is 19.2 Å². The zero-order valence-corrected chi connectivity index (χ0v) is 8.89. The fourth-order valence-corrected chi connectivity index (χ4v) is 2.03. The second-order valence-corrected chi connectivity index (χ2v) is 4.83. The largest absolute Gasteiger partial charge is 0.309 e. The lowest BCUT2D eigenvalue weighted by Crippen LogP contribution is -2.52. The number of halogens is 1. The van der Waals surface area contributed by atoms with Crippen molar-refractivity contribution in [3.63, 3.8) is 0 Å². The van der Waals surface area contributed by atoms with E-state index in [9.17, 15) is 4.39 Å². The Morgan fingerprint density at radius 1 is 1.43 bits per heavy atom. The number of benzene rings is 1. The highest BCUT2D eigenvalue weighted by Gasteiger charge is 2.40. The van der Waals surface area contributed by atoms with Crippen LogP contribution in [-0.4, -0.2) is 6.54 Å². The number of hydrogen-bond acceptors (Lipinski definition) is 1. The second kappa shape index (κ2) is 3.06. The van der Waals surface area contributed by atoms with Gasteiger partial charge in [0, 0.05) is 18.2 Å². The molecule has 1 aromatic rings. The molecule has 2 heteroatoms. The first kappa shape index (κ1) is 9.66. The summed E-state index contributed by atoms with van der Waals surface area (Å²) in [4.78, 5) is 0. The highest BCUT2D eigenvalue weighted by molar-refractivity contribution is 5.30. The SMILES string of the molecule is Cc1ccc(F)c(C2NCC2(C)C)c1. The van der Waals surface area contributed by atoms with Crippen molar-refractivity contribution >= 4 is 0 Å². The van der Waals surface area contributed by atoms with Crippen LogP contribution in [0.4, 0.5) is 4.39 Å². The molecule has 0 radical (unpaired) electrons. The Hall–Kier alpha value is -0.890. The fraction of sp³-hybridized carbons (Fsp3) is 0.500. The molecule has 1 N–H and O–H groups in total. The first-order valence-corrected chi connectivity index (χ1v) is 5.00. The lowest BCUT2D eigenvalue weighted by atomic mass is 9.73. The number of rotatable bonds is 1. The summed E-state index contributed by atoms with van der Waals surface area (Å²) in [6.45, 7) is 7.28. The third kappa shape index (κ3) is 1.44. The van der Waals surface area contributed by atoms with Crippen LogP contribution in [-0.2, 0) is 0 Å². The third-order valence-electron chi connectivity index (χ3n) is 3.01. The lowest BCUT2D eigenvalue weighted by molar-refractivity contribution is 0.125. The van der Waals surface area contributed by atoms with Crippen molar-refractivity contribution in [1.82, 2.24) is 5.32 Å². The van der Waals surface area contributed by atoms with Crippen molar-refractivity contribution in [3.8, 4) is 0 Å². The average Bonchev–Trinajstić information content (AvgIpc) is 2.10. The standard InChI is InChI=1S/C12H16FN/c1-8-4-5-10(13)9(6-8)11-12(2,3)7-14-11/h4-6,11,14H,7H2,1-3H3. The van der Waals surface area contributed by atoms with E-state index in [0.717, 1.165) is 17.7 Å². The molecule has 1 aliphatic heterocycles. The lowest BCUT2D eigenvalue weighted by Gasteiger charge is -2.46. The van der Waals surface area contributed by atoms with E-state index >= 15 is 0 Å². The van der Waals surface area contributed by atoms with Crippen LogP contribution in [0.15, 0.2) is 18.2 Å². The van der Waals surface area contributed by atoms with E-state index in [1.807, 2.05) is 19.1 Å². The predicted octanol–water partition coefficient (Wildman–Crippen LogP) is 2.80. The first-order valence-electron chi connectivity index (χ1n) is 5.00. The molecule has 0 amide bonds. The van der Waals surface area contributed by atoms with Crippen molar-refractivity contribution in [1.29, 1.82) is 0 Å². The molecule has 0 aliphatic carbocycles. The van der Waals surface area contributed by atoms with Gasteiger partial charge in [0.15, 0.2) is 0 Å². The molecule has 1 unspecified atom stereocenters.